The number of hydrogen-bond donors (Lipinski definition) is 0. The van der Waals surface area contributed by atoms with Crippen molar-refractivity contribution in [3.8, 4) is 0 Å². The number of carbonyl (C=O) groups is 1. The van der Waals surface area contributed by atoms with E-state index in [-0.39, 0.29) is 17.2 Å². The molecule has 1 amide bonds. The Kier molecular flexibility index (Phi) is 5.89. The summed E-state index contributed by atoms with van der Waals surface area (Å²) in [7, 11) is -3.50. The summed E-state index contributed by atoms with van der Waals surface area (Å²) < 4.78 is 26.9. The lowest BCUT2D eigenvalue weighted by Gasteiger charge is -2.20. The van der Waals surface area contributed by atoms with Crippen molar-refractivity contribution in [1.29, 1.82) is 0 Å². The van der Waals surface area contributed by atoms with Gasteiger partial charge < -0.3 is 4.90 Å². The molecule has 27 heavy (non-hydrogen) atoms. The molecule has 0 unspecified atom stereocenters. The fourth-order valence-corrected chi connectivity index (χ4v) is 5.12. The Hall–Kier alpha value is -1.89. The molecule has 2 aromatic rings. The summed E-state index contributed by atoms with van der Waals surface area (Å²) in [4.78, 5) is 14.8. The van der Waals surface area contributed by atoms with E-state index in [0.29, 0.717) is 31.1 Å². The maximum Gasteiger partial charge on any atom is 0.243 e. The lowest BCUT2D eigenvalue weighted by atomic mass is 10.1. The smallest absolute Gasteiger partial charge is 0.243 e. The van der Waals surface area contributed by atoms with Crippen LogP contribution >= 0.6 is 11.6 Å². The average Bonchev–Trinajstić information content (AvgIpc) is 3.07. The number of amides is 1. The maximum atomic E-state index is 12.8. The third kappa shape index (κ3) is 3.88. The Morgan fingerprint density at radius 3 is 2.52 bits per heavy atom. The van der Waals surface area contributed by atoms with Gasteiger partial charge in [0.25, 0.3) is 0 Å². The summed E-state index contributed by atoms with van der Waals surface area (Å²) in [6.07, 6.45) is 0.865. The molecule has 0 aliphatic carbocycles. The molecule has 1 heterocycles. The van der Waals surface area contributed by atoms with Crippen molar-refractivity contribution < 1.29 is 13.2 Å². The molecule has 0 saturated carbocycles. The zero-order valence-corrected chi connectivity index (χ0v) is 17.1. The first-order valence-corrected chi connectivity index (χ1v) is 10.9. The predicted molar refractivity (Wildman–Crippen MR) is 108 cm³/mol. The Labute approximate surface area is 165 Å². The molecule has 0 fully saturated rings. The average molecular weight is 407 g/mol. The van der Waals surface area contributed by atoms with Crippen LogP contribution in [0.25, 0.3) is 0 Å². The molecule has 0 aromatic heterocycles. The first kappa shape index (κ1) is 19.9. The minimum absolute atomic E-state index is 0.0406. The Morgan fingerprint density at radius 1 is 1.15 bits per heavy atom. The van der Waals surface area contributed by atoms with Crippen LogP contribution < -0.4 is 4.90 Å². The quantitative estimate of drug-likeness (QED) is 0.737. The molecule has 5 nitrogen and oxygen atoms in total. The molecular formula is C20H23ClN2O3S. The van der Waals surface area contributed by atoms with Gasteiger partial charge >= 0.3 is 0 Å². The van der Waals surface area contributed by atoms with Crippen LogP contribution in [0, 0.1) is 0 Å². The third-order valence-electron chi connectivity index (χ3n) is 4.89. The molecule has 0 bridgehead atoms. The van der Waals surface area contributed by atoms with Gasteiger partial charge in [0.05, 0.1) is 11.3 Å². The largest absolute Gasteiger partial charge is 0.312 e. The van der Waals surface area contributed by atoms with E-state index in [2.05, 4.69) is 0 Å². The van der Waals surface area contributed by atoms with Crippen LogP contribution in [0.4, 0.5) is 5.69 Å². The lowest BCUT2D eigenvalue weighted by Crippen LogP contribution is -2.31. The summed E-state index contributed by atoms with van der Waals surface area (Å²) in [5, 5.41) is 0.575. The molecule has 2 aromatic carbocycles. The molecule has 0 N–H and O–H groups in total. The number of rotatable bonds is 6. The highest BCUT2D eigenvalue weighted by Gasteiger charge is 2.28. The second kappa shape index (κ2) is 8.00. The van der Waals surface area contributed by atoms with Crippen molar-refractivity contribution in [3.05, 3.63) is 58.6 Å². The second-order valence-corrected chi connectivity index (χ2v) is 8.79. The monoisotopic (exact) mass is 406 g/mol. The van der Waals surface area contributed by atoms with Crippen LogP contribution in [0.1, 0.15) is 25.0 Å². The number of benzene rings is 2. The topological polar surface area (TPSA) is 57.7 Å². The van der Waals surface area contributed by atoms with Gasteiger partial charge in [0, 0.05) is 30.3 Å². The number of nitrogens with zero attached hydrogens (tertiary/aromatic N) is 2. The summed E-state index contributed by atoms with van der Waals surface area (Å²) >= 11 is 6.16. The number of sulfonamides is 1. The Balaban J connectivity index is 1.84. The van der Waals surface area contributed by atoms with E-state index in [4.69, 9.17) is 11.6 Å². The van der Waals surface area contributed by atoms with E-state index in [1.807, 2.05) is 32.0 Å². The van der Waals surface area contributed by atoms with E-state index in [9.17, 15) is 13.2 Å². The normalized spacial score (nSPS) is 13.9. The van der Waals surface area contributed by atoms with Gasteiger partial charge in [-0.15, -0.1) is 0 Å². The highest BCUT2D eigenvalue weighted by Crippen LogP contribution is 2.32. The highest BCUT2D eigenvalue weighted by molar-refractivity contribution is 7.89. The zero-order valence-electron chi connectivity index (χ0n) is 15.5. The second-order valence-electron chi connectivity index (χ2n) is 6.44. The van der Waals surface area contributed by atoms with Crippen molar-refractivity contribution in [1.82, 2.24) is 4.31 Å². The summed E-state index contributed by atoms with van der Waals surface area (Å²) in [6, 6.07) is 12.3. The van der Waals surface area contributed by atoms with Crippen LogP contribution in [-0.4, -0.2) is 38.3 Å². The molecule has 0 radical (unpaired) electrons. The molecule has 0 atom stereocenters. The van der Waals surface area contributed by atoms with E-state index >= 15 is 0 Å². The van der Waals surface area contributed by atoms with Gasteiger partial charge in [-0.2, -0.15) is 4.31 Å². The first-order valence-electron chi connectivity index (χ1n) is 9.05. The van der Waals surface area contributed by atoms with Gasteiger partial charge in [-0.3, -0.25) is 4.79 Å². The number of anilines is 1. The van der Waals surface area contributed by atoms with Crippen molar-refractivity contribution in [3.63, 3.8) is 0 Å². The molecule has 3 rings (SSSR count). The van der Waals surface area contributed by atoms with E-state index in [1.54, 1.807) is 29.2 Å². The van der Waals surface area contributed by atoms with Crippen molar-refractivity contribution in [2.75, 3.05) is 24.5 Å². The SMILES string of the molecule is CCN(CC)S(=O)(=O)c1ccc2c(c1)CCN2C(=O)Cc1ccccc1Cl. The summed E-state index contributed by atoms with van der Waals surface area (Å²) in [5.74, 6) is -0.0406. The van der Waals surface area contributed by atoms with E-state index < -0.39 is 10.0 Å². The van der Waals surface area contributed by atoms with Crippen molar-refractivity contribution in [2.24, 2.45) is 0 Å². The molecule has 0 saturated heterocycles. The zero-order chi connectivity index (χ0) is 19.6. The first-order chi connectivity index (χ1) is 12.9. The van der Waals surface area contributed by atoms with Gasteiger partial charge in [0.15, 0.2) is 0 Å². The Bertz CT molecular complexity index is 955. The van der Waals surface area contributed by atoms with Gasteiger partial charge in [0.1, 0.15) is 0 Å². The minimum Gasteiger partial charge on any atom is -0.312 e. The fraction of sp³-hybridized carbons (Fsp3) is 0.350. The fourth-order valence-electron chi connectivity index (χ4n) is 3.41. The lowest BCUT2D eigenvalue weighted by molar-refractivity contribution is -0.117. The van der Waals surface area contributed by atoms with Gasteiger partial charge in [-0.05, 0) is 41.8 Å². The third-order valence-corrected chi connectivity index (χ3v) is 7.30. The van der Waals surface area contributed by atoms with Crippen LogP contribution in [0.3, 0.4) is 0 Å². The number of fused-ring (bicyclic) bond motifs is 1. The predicted octanol–water partition coefficient (Wildman–Crippen LogP) is 3.50. The van der Waals surface area contributed by atoms with Gasteiger partial charge in [0.2, 0.25) is 15.9 Å². The summed E-state index contributed by atoms with van der Waals surface area (Å²) in [5.41, 5.74) is 2.46. The number of carbonyl (C=O) groups excluding carboxylic acids is 1. The maximum absolute atomic E-state index is 12.8. The van der Waals surface area contributed by atoms with Crippen molar-refractivity contribution >= 4 is 33.2 Å². The minimum atomic E-state index is -3.50. The standard InChI is InChI=1S/C20H23ClN2O3S/c1-3-22(4-2)27(25,26)17-9-10-19-16(13-17)11-12-23(19)20(24)14-15-7-5-6-8-18(15)21/h5-10,13H,3-4,11-12,14H2,1-2H3. The summed E-state index contributed by atoms with van der Waals surface area (Å²) in [6.45, 7) is 5.05. The molecule has 0 spiro atoms. The van der Waals surface area contributed by atoms with Gasteiger partial charge in [-0.25, -0.2) is 8.42 Å². The number of hydrogen-bond acceptors (Lipinski definition) is 3. The number of halogens is 1. The van der Waals surface area contributed by atoms with Crippen LogP contribution in [0.2, 0.25) is 5.02 Å². The van der Waals surface area contributed by atoms with E-state index in [0.717, 1.165) is 16.8 Å². The molecule has 1 aliphatic heterocycles. The molecular weight excluding hydrogens is 384 g/mol. The molecule has 7 heteroatoms. The van der Waals surface area contributed by atoms with Crippen LogP contribution in [0.5, 0.6) is 0 Å². The van der Waals surface area contributed by atoms with Crippen LogP contribution in [0.15, 0.2) is 47.4 Å². The van der Waals surface area contributed by atoms with E-state index in [1.165, 1.54) is 4.31 Å². The Morgan fingerprint density at radius 2 is 1.85 bits per heavy atom. The van der Waals surface area contributed by atoms with Gasteiger partial charge in [-0.1, -0.05) is 43.6 Å². The highest BCUT2D eigenvalue weighted by atomic mass is 35.5. The molecule has 1 aliphatic rings. The molecule has 144 valence electrons. The van der Waals surface area contributed by atoms with Crippen molar-refractivity contribution in [2.45, 2.75) is 31.6 Å². The van der Waals surface area contributed by atoms with Crippen LogP contribution in [-0.2, 0) is 27.7 Å².